The minimum atomic E-state index is -4.11. The molecule has 0 saturated heterocycles. The number of carbonyl (C=O) groups is 2. The molecule has 0 bridgehead atoms. The first-order valence-electron chi connectivity index (χ1n) is 12.6. The van der Waals surface area contributed by atoms with E-state index in [0.29, 0.717) is 18.0 Å². The maximum Gasteiger partial charge on any atom is 0.264 e. The average Bonchev–Trinajstić information content (AvgIpc) is 2.93. The van der Waals surface area contributed by atoms with Crippen molar-refractivity contribution in [3.8, 4) is 5.75 Å². The molecule has 0 fully saturated rings. The van der Waals surface area contributed by atoms with Gasteiger partial charge < -0.3 is 15.0 Å². The van der Waals surface area contributed by atoms with Crippen LogP contribution >= 0.6 is 15.9 Å². The van der Waals surface area contributed by atoms with Crippen LogP contribution in [0.2, 0.25) is 0 Å². The number of methoxy groups -OCH3 is 1. The molecule has 0 radical (unpaired) electrons. The summed E-state index contributed by atoms with van der Waals surface area (Å²) in [6.07, 6.45) is 0.744. The van der Waals surface area contributed by atoms with Gasteiger partial charge in [-0.05, 0) is 74.4 Å². The molecule has 3 aromatic carbocycles. The van der Waals surface area contributed by atoms with E-state index >= 15 is 0 Å². The van der Waals surface area contributed by atoms with Crippen molar-refractivity contribution >= 4 is 43.5 Å². The van der Waals surface area contributed by atoms with Crippen molar-refractivity contribution in [3.05, 3.63) is 88.4 Å². The van der Waals surface area contributed by atoms with E-state index in [9.17, 15) is 18.0 Å². The van der Waals surface area contributed by atoms with Gasteiger partial charge in [0.25, 0.3) is 10.0 Å². The van der Waals surface area contributed by atoms with Gasteiger partial charge in [0.05, 0.1) is 17.7 Å². The van der Waals surface area contributed by atoms with Crippen LogP contribution in [0.1, 0.15) is 31.4 Å². The molecule has 10 heteroatoms. The standard InChI is InChI=1S/C29H34BrN3O5S/c1-5-17-31-29(35)22(3)32(19-23-7-6-8-26(18-23)38-4)28(34)20-33(25-13-11-24(30)12-14-25)39(36,37)27-15-9-21(2)10-16-27/h6-16,18,22H,5,17,19-20H2,1-4H3,(H,31,35)/t22-/m1/s1. The first-order valence-corrected chi connectivity index (χ1v) is 14.8. The first kappa shape index (κ1) is 30.2. The van der Waals surface area contributed by atoms with Crippen LogP contribution in [0.4, 0.5) is 5.69 Å². The lowest BCUT2D eigenvalue weighted by atomic mass is 10.1. The van der Waals surface area contributed by atoms with Crippen LogP contribution in [0.3, 0.4) is 0 Å². The van der Waals surface area contributed by atoms with Gasteiger partial charge in [-0.15, -0.1) is 0 Å². The molecule has 1 N–H and O–H groups in total. The van der Waals surface area contributed by atoms with Gasteiger partial charge in [-0.2, -0.15) is 0 Å². The zero-order valence-corrected chi connectivity index (χ0v) is 25.0. The van der Waals surface area contributed by atoms with Crippen LogP contribution < -0.4 is 14.4 Å². The van der Waals surface area contributed by atoms with Gasteiger partial charge in [0.15, 0.2) is 0 Å². The van der Waals surface area contributed by atoms with Crippen LogP contribution in [0.5, 0.6) is 5.75 Å². The van der Waals surface area contributed by atoms with Gasteiger partial charge in [0.1, 0.15) is 18.3 Å². The van der Waals surface area contributed by atoms with Crippen molar-refractivity contribution in [2.75, 3.05) is 24.5 Å². The van der Waals surface area contributed by atoms with Gasteiger partial charge in [-0.25, -0.2) is 8.42 Å². The second-order valence-corrected chi connectivity index (χ2v) is 11.9. The Labute approximate surface area is 239 Å². The van der Waals surface area contributed by atoms with Crippen molar-refractivity contribution in [1.29, 1.82) is 0 Å². The number of ether oxygens (including phenoxy) is 1. The fourth-order valence-corrected chi connectivity index (χ4v) is 5.60. The lowest BCUT2D eigenvalue weighted by Gasteiger charge is -2.32. The van der Waals surface area contributed by atoms with Crippen LogP contribution in [-0.2, 0) is 26.2 Å². The number of hydrogen-bond acceptors (Lipinski definition) is 5. The number of hydrogen-bond donors (Lipinski definition) is 1. The quantitative estimate of drug-likeness (QED) is 0.312. The Morgan fingerprint density at radius 2 is 1.69 bits per heavy atom. The van der Waals surface area contributed by atoms with E-state index in [1.807, 2.05) is 19.9 Å². The second-order valence-electron chi connectivity index (χ2n) is 9.14. The Balaban J connectivity index is 2.02. The number of carbonyl (C=O) groups excluding carboxylic acids is 2. The number of benzene rings is 3. The highest BCUT2D eigenvalue weighted by molar-refractivity contribution is 9.10. The molecule has 2 amide bonds. The van der Waals surface area contributed by atoms with Crippen LogP contribution in [-0.4, -0.2) is 51.4 Å². The predicted molar refractivity (Wildman–Crippen MR) is 156 cm³/mol. The number of anilines is 1. The fourth-order valence-electron chi connectivity index (χ4n) is 3.92. The topological polar surface area (TPSA) is 96.0 Å². The molecule has 0 heterocycles. The molecule has 8 nitrogen and oxygen atoms in total. The molecule has 1 atom stereocenters. The molecule has 208 valence electrons. The predicted octanol–water partition coefficient (Wildman–Crippen LogP) is 4.90. The maximum atomic E-state index is 13.9. The lowest BCUT2D eigenvalue weighted by Crippen LogP contribution is -2.51. The average molecular weight is 617 g/mol. The summed E-state index contributed by atoms with van der Waals surface area (Å²) in [6, 6.07) is 19.5. The SMILES string of the molecule is CCCNC(=O)[C@@H](C)N(Cc1cccc(OC)c1)C(=O)CN(c1ccc(Br)cc1)S(=O)(=O)c1ccc(C)cc1. The van der Waals surface area contributed by atoms with Gasteiger partial charge in [0.2, 0.25) is 11.8 Å². The van der Waals surface area contributed by atoms with Crippen LogP contribution in [0.15, 0.2) is 82.2 Å². The summed E-state index contributed by atoms with van der Waals surface area (Å²) in [6.45, 7) is 5.52. The number of amides is 2. The van der Waals surface area contributed by atoms with Gasteiger partial charge >= 0.3 is 0 Å². The summed E-state index contributed by atoms with van der Waals surface area (Å²) < 4.78 is 34.8. The van der Waals surface area contributed by atoms with Gasteiger partial charge in [-0.1, -0.05) is 52.7 Å². The molecular formula is C29H34BrN3O5S. The van der Waals surface area contributed by atoms with Crippen molar-refractivity contribution in [2.45, 2.75) is 44.7 Å². The minimum absolute atomic E-state index is 0.0666. The van der Waals surface area contributed by atoms with Crippen molar-refractivity contribution in [2.24, 2.45) is 0 Å². The monoisotopic (exact) mass is 615 g/mol. The van der Waals surface area contributed by atoms with Crippen molar-refractivity contribution in [3.63, 3.8) is 0 Å². The number of halogens is 1. The lowest BCUT2D eigenvalue weighted by molar-refractivity contribution is -0.139. The highest BCUT2D eigenvalue weighted by atomic mass is 79.9. The summed E-state index contributed by atoms with van der Waals surface area (Å²) in [5.41, 5.74) is 1.99. The highest BCUT2D eigenvalue weighted by Crippen LogP contribution is 2.26. The third-order valence-corrected chi connectivity index (χ3v) is 8.52. The van der Waals surface area contributed by atoms with Crippen LogP contribution in [0, 0.1) is 6.92 Å². The number of sulfonamides is 1. The molecule has 3 aromatic rings. The van der Waals surface area contributed by atoms with Gasteiger partial charge in [-0.3, -0.25) is 13.9 Å². The molecule has 39 heavy (non-hydrogen) atoms. The zero-order valence-electron chi connectivity index (χ0n) is 22.6. The number of aryl methyl sites for hydroxylation is 1. The summed E-state index contributed by atoms with van der Waals surface area (Å²) in [4.78, 5) is 28.3. The molecule has 3 rings (SSSR count). The largest absolute Gasteiger partial charge is 0.497 e. The van der Waals surface area contributed by atoms with E-state index < -0.39 is 28.5 Å². The first-order chi connectivity index (χ1) is 18.6. The summed E-state index contributed by atoms with van der Waals surface area (Å²) in [5, 5.41) is 2.83. The Morgan fingerprint density at radius 3 is 2.31 bits per heavy atom. The smallest absolute Gasteiger partial charge is 0.264 e. The molecule has 0 aromatic heterocycles. The molecule has 0 aliphatic rings. The second kappa shape index (κ2) is 13.6. The van der Waals surface area contributed by atoms with E-state index in [2.05, 4.69) is 21.2 Å². The van der Waals surface area contributed by atoms with Gasteiger partial charge in [0, 0.05) is 17.6 Å². The minimum Gasteiger partial charge on any atom is -0.497 e. The zero-order chi connectivity index (χ0) is 28.6. The van der Waals surface area contributed by atoms with E-state index in [1.165, 1.54) is 17.0 Å². The molecule has 0 aliphatic carbocycles. The third-order valence-electron chi connectivity index (χ3n) is 6.21. The van der Waals surface area contributed by atoms with Crippen molar-refractivity contribution in [1.82, 2.24) is 10.2 Å². The van der Waals surface area contributed by atoms with E-state index in [-0.39, 0.29) is 17.3 Å². The maximum absolute atomic E-state index is 13.9. The fraction of sp³-hybridized carbons (Fsp3) is 0.310. The number of nitrogens with zero attached hydrogens (tertiary/aromatic N) is 2. The normalized spacial score (nSPS) is 11.9. The Morgan fingerprint density at radius 1 is 1.03 bits per heavy atom. The van der Waals surface area contributed by atoms with E-state index in [4.69, 9.17) is 4.74 Å². The molecule has 0 unspecified atom stereocenters. The Hall–Kier alpha value is -3.37. The summed E-state index contributed by atoms with van der Waals surface area (Å²) >= 11 is 3.38. The van der Waals surface area contributed by atoms with Crippen LogP contribution in [0.25, 0.3) is 0 Å². The summed E-state index contributed by atoms with van der Waals surface area (Å²) in [7, 11) is -2.56. The number of nitrogens with one attached hydrogen (secondary N) is 1. The third kappa shape index (κ3) is 7.83. The molecular weight excluding hydrogens is 582 g/mol. The van der Waals surface area contributed by atoms with Crippen molar-refractivity contribution < 1.29 is 22.7 Å². The summed E-state index contributed by atoms with van der Waals surface area (Å²) in [5.74, 6) is -0.221. The number of rotatable bonds is 12. The molecule has 0 aliphatic heterocycles. The Kier molecular flexibility index (Phi) is 10.5. The molecule has 0 spiro atoms. The van der Waals surface area contributed by atoms with E-state index in [1.54, 1.807) is 68.6 Å². The Bertz CT molecular complexity index is 1380. The molecule has 0 saturated carbocycles. The highest BCUT2D eigenvalue weighted by Gasteiger charge is 2.32. The van der Waals surface area contributed by atoms with E-state index in [0.717, 1.165) is 26.3 Å².